The van der Waals surface area contributed by atoms with Crippen LogP contribution in [0.2, 0.25) is 0 Å². The zero-order chi connectivity index (χ0) is 43.0. The van der Waals surface area contributed by atoms with Gasteiger partial charge in [0.15, 0.2) is 0 Å². The maximum atomic E-state index is 13.8. The quantitative estimate of drug-likeness (QED) is 0.196. The molecule has 324 valence electrons. The third kappa shape index (κ3) is 8.56. The van der Waals surface area contributed by atoms with Gasteiger partial charge >= 0.3 is 12.2 Å². The molecule has 1 spiro atoms. The van der Waals surface area contributed by atoms with Gasteiger partial charge in [-0.3, -0.25) is 14.6 Å². The molecule has 5 heterocycles. The average Bonchev–Trinajstić information content (AvgIpc) is 3.85. The van der Waals surface area contributed by atoms with Crippen LogP contribution in [0.4, 0.5) is 9.59 Å². The second kappa shape index (κ2) is 17.3. The molecule has 15 heteroatoms. The number of hydrogen-bond acceptors (Lipinski definition) is 10. The van der Waals surface area contributed by atoms with Crippen LogP contribution in [0.1, 0.15) is 90.1 Å². The number of aromatic amines is 1. The highest BCUT2D eigenvalue weighted by molar-refractivity contribution is 6.04. The number of fused-ring (bicyclic) bond motifs is 3. The molecule has 1 aliphatic carbocycles. The Morgan fingerprint density at radius 3 is 1.89 bits per heavy atom. The van der Waals surface area contributed by atoms with Gasteiger partial charge in [0.05, 0.1) is 51.4 Å². The van der Waals surface area contributed by atoms with Crippen molar-refractivity contribution in [3.8, 4) is 33.9 Å². The number of nitrogens with one attached hydrogen (secondary N) is 3. The molecule has 4 amide bonds. The summed E-state index contributed by atoms with van der Waals surface area (Å²) < 4.78 is 22.9. The van der Waals surface area contributed by atoms with Gasteiger partial charge in [-0.05, 0) is 85.8 Å². The summed E-state index contributed by atoms with van der Waals surface area (Å²) in [6.07, 6.45) is 8.39. The fourth-order valence-corrected chi connectivity index (χ4v) is 8.99. The Kier molecular flexibility index (Phi) is 11.8. The highest BCUT2D eigenvalue weighted by Crippen LogP contribution is 2.50. The Bertz CT molecular complexity index is 2240. The first-order chi connectivity index (χ1) is 29.4. The number of ether oxygens (including phenoxy) is 4. The Hall–Kier alpha value is -5.86. The monoisotopic (exact) mass is 835 g/mol. The lowest BCUT2D eigenvalue weighted by molar-refractivity contribution is -0.135. The topological polar surface area (TPSA) is 177 Å². The Balaban J connectivity index is 1.01. The van der Waals surface area contributed by atoms with Crippen LogP contribution < -0.4 is 20.1 Å². The number of hydrogen-bond donors (Lipinski definition) is 3. The zero-order valence-corrected chi connectivity index (χ0v) is 35.9. The molecular weight excluding hydrogens is 779 g/mol. The summed E-state index contributed by atoms with van der Waals surface area (Å²) in [5.74, 6) is 1.73. The van der Waals surface area contributed by atoms with E-state index in [4.69, 9.17) is 28.9 Å². The number of carbonyl (C=O) groups excluding carboxylic acids is 4. The molecule has 15 nitrogen and oxygen atoms in total. The number of imidazole rings is 1. The van der Waals surface area contributed by atoms with Crippen LogP contribution in [-0.4, -0.2) is 108 Å². The first-order valence-corrected chi connectivity index (χ1v) is 21.5. The molecule has 4 aliphatic heterocycles. The van der Waals surface area contributed by atoms with E-state index in [1.165, 1.54) is 14.2 Å². The number of benzene rings is 2. The SMILES string of the molecule is COC(=O)N[C@H](C(=O)N1CCC[C@H]1C1=NC=C(c2ccc3c(c2)OCC2(CC2)COc2cc(-c4cnc([C@@H]5CCCN5C(=O)[C@@H](NC(=O)OC)C(C)C)[nH]4)ccc2-3)C1)C(C)C. The standard InChI is InChI=1S/C46H57N7O8/c1-26(2)39(50-44(56)58-5)42(54)52-17-7-9-35(52)33-19-30(22-47-33)28-11-13-31-32-14-12-29(21-38(32)61-25-46(15-16-46)24-60-37(31)20-28)34-23-48-41(49-34)36-10-8-18-53(36)43(55)40(27(3)4)51-45(57)59-6/h11-14,20-23,26-27,35-36,39-40H,7-10,15-19,24-25H2,1-6H3,(H,48,49)(H,50,56)(H,51,57)/t35-,36-,39-,40-/m0/s1. The molecule has 4 atom stereocenters. The third-order valence-electron chi connectivity index (χ3n) is 12.9. The van der Waals surface area contributed by atoms with E-state index in [1.54, 1.807) is 6.20 Å². The van der Waals surface area contributed by atoms with Crippen LogP contribution in [0.15, 0.2) is 53.8 Å². The fraction of sp³-hybridized carbons (Fsp3) is 0.522. The summed E-state index contributed by atoms with van der Waals surface area (Å²) >= 11 is 0. The minimum Gasteiger partial charge on any atom is -0.492 e. The number of amides is 4. The lowest BCUT2D eigenvalue weighted by Crippen LogP contribution is -2.53. The Labute approximate surface area is 356 Å². The predicted octanol–water partition coefficient (Wildman–Crippen LogP) is 6.90. The molecule has 3 fully saturated rings. The largest absolute Gasteiger partial charge is 0.492 e. The van der Waals surface area contributed by atoms with E-state index < -0.39 is 24.3 Å². The van der Waals surface area contributed by atoms with Crippen molar-refractivity contribution >= 4 is 35.3 Å². The van der Waals surface area contributed by atoms with Crippen LogP contribution in [0, 0.1) is 17.3 Å². The highest BCUT2D eigenvalue weighted by atomic mass is 16.5. The number of aliphatic imine (C=N–C) groups is 1. The third-order valence-corrected chi connectivity index (χ3v) is 12.9. The van der Waals surface area contributed by atoms with Gasteiger partial charge in [-0.25, -0.2) is 14.6 Å². The number of likely N-dealkylation sites (tertiary alicyclic amines) is 2. The van der Waals surface area contributed by atoms with Crippen LogP contribution in [0.5, 0.6) is 11.5 Å². The number of carbonyl (C=O) groups is 4. The van der Waals surface area contributed by atoms with E-state index in [9.17, 15) is 19.2 Å². The normalized spacial score (nSPS) is 21.2. The van der Waals surface area contributed by atoms with Gasteiger partial charge in [-0.15, -0.1) is 0 Å². The van der Waals surface area contributed by atoms with Crippen molar-refractivity contribution in [3.63, 3.8) is 0 Å². The van der Waals surface area contributed by atoms with Crippen LogP contribution in [0.3, 0.4) is 0 Å². The molecule has 3 aromatic rings. The van der Waals surface area contributed by atoms with E-state index in [0.717, 1.165) is 89.3 Å². The molecule has 0 radical (unpaired) electrons. The molecule has 5 aliphatic rings. The van der Waals surface area contributed by atoms with E-state index >= 15 is 0 Å². The van der Waals surface area contributed by atoms with Gasteiger partial charge in [0.2, 0.25) is 11.8 Å². The number of H-pyrrole nitrogens is 1. The minimum atomic E-state index is -0.710. The van der Waals surface area contributed by atoms with Crippen molar-refractivity contribution < 1.29 is 38.1 Å². The van der Waals surface area contributed by atoms with Gasteiger partial charge in [0, 0.05) is 53.5 Å². The van der Waals surface area contributed by atoms with Crippen molar-refractivity contribution in [1.82, 2.24) is 30.4 Å². The van der Waals surface area contributed by atoms with E-state index in [-0.39, 0.29) is 41.1 Å². The van der Waals surface area contributed by atoms with E-state index in [0.29, 0.717) is 38.5 Å². The summed E-state index contributed by atoms with van der Waals surface area (Å²) in [4.78, 5) is 68.4. The van der Waals surface area contributed by atoms with Gasteiger partial charge in [-0.2, -0.15) is 0 Å². The molecule has 2 aromatic carbocycles. The molecule has 1 saturated carbocycles. The van der Waals surface area contributed by atoms with Gasteiger partial charge in [0.1, 0.15) is 29.4 Å². The maximum absolute atomic E-state index is 13.8. The summed E-state index contributed by atoms with van der Waals surface area (Å²) in [6.45, 7) is 9.91. The van der Waals surface area contributed by atoms with Crippen molar-refractivity contribution in [2.45, 2.75) is 96.8 Å². The maximum Gasteiger partial charge on any atom is 0.407 e. The molecular formula is C46H57N7O8. The molecule has 8 rings (SSSR count). The lowest BCUT2D eigenvalue weighted by atomic mass is 9.94. The van der Waals surface area contributed by atoms with Crippen molar-refractivity contribution in [2.24, 2.45) is 22.2 Å². The number of allylic oxidation sites excluding steroid dienone is 1. The fourth-order valence-electron chi connectivity index (χ4n) is 8.99. The molecule has 1 aromatic heterocycles. The van der Waals surface area contributed by atoms with Gasteiger partial charge in [0.25, 0.3) is 0 Å². The molecule has 0 unspecified atom stereocenters. The van der Waals surface area contributed by atoms with E-state index in [1.807, 2.05) is 49.8 Å². The Morgan fingerprint density at radius 1 is 0.787 bits per heavy atom. The van der Waals surface area contributed by atoms with Crippen molar-refractivity contribution in [3.05, 3.63) is 60.2 Å². The molecule has 61 heavy (non-hydrogen) atoms. The van der Waals surface area contributed by atoms with Gasteiger partial charge < -0.3 is 44.4 Å². The van der Waals surface area contributed by atoms with Crippen LogP contribution in [0.25, 0.3) is 28.0 Å². The van der Waals surface area contributed by atoms with Crippen LogP contribution in [-0.2, 0) is 19.1 Å². The highest BCUT2D eigenvalue weighted by Gasteiger charge is 2.46. The zero-order valence-electron chi connectivity index (χ0n) is 35.9. The number of methoxy groups -OCH3 is 2. The second-order valence-electron chi connectivity index (χ2n) is 17.7. The molecule has 2 saturated heterocycles. The number of alkyl carbamates (subject to hydrolysis) is 2. The average molecular weight is 836 g/mol. The number of rotatable bonds is 10. The van der Waals surface area contributed by atoms with E-state index in [2.05, 4.69) is 45.9 Å². The summed E-state index contributed by atoms with van der Waals surface area (Å²) in [5.41, 5.74) is 6.52. The molecule has 0 bridgehead atoms. The number of aromatic nitrogens is 2. The van der Waals surface area contributed by atoms with Crippen LogP contribution >= 0.6 is 0 Å². The molecule has 3 N–H and O–H groups in total. The smallest absolute Gasteiger partial charge is 0.407 e. The summed E-state index contributed by atoms with van der Waals surface area (Å²) in [7, 11) is 2.59. The summed E-state index contributed by atoms with van der Waals surface area (Å²) in [6, 6.07) is 10.7. The van der Waals surface area contributed by atoms with Crippen molar-refractivity contribution in [2.75, 3.05) is 40.5 Å². The van der Waals surface area contributed by atoms with Gasteiger partial charge in [-0.1, -0.05) is 39.8 Å². The predicted molar refractivity (Wildman–Crippen MR) is 229 cm³/mol. The van der Waals surface area contributed by atoms with Crippen molar-refractivity contribution in [1.29, 1.82) is 0 Å². The first-order valence-electron chi connectivity index (χ1n) is 21.5. The summed E-state index contributed by atoms with van der Waals surface area (Å²) in [5, 5.41) is 5.44. The Morgan fingerprint density at radius 2 is 1.33 bits per heavy atom. The number of nitrogens with zero attached hydrogens (tertiary/aromatic N) is 4. The second-order valence-corrected chi connectivity index (χ2v) is 17.7. The first kappa shape index (κ1) is 41.9. The minimum absolute atomic E-state index is 0.0565. The lowest BCUT2D eigenvalue weighted by Gasteiger charge is -2.31.